The topological polar surface area (TPSA) is 55.9 Å². The Balaban J connectivity index is 1.76. The number of carbonyl (C=O) groups is 1. The second kappa shape index (κ2) is 7.27. The lowest BCUT2D eigenvalue weighted by molar-refractivity contribution is -0.130. The predicted octanol–water partition coefficient (Wildman–Crippen LogP) is 3.66. The molecule has 25 heavy (non-hydrogen) atoms. The Hall–Kier alpha value is -2.99. The number of hydrogen-bond donors (Lipinski definition) is 0. The highest BCUT2D eigenvalue weighted by Crippen LogP contribution is 2.15. The molecule has 0 fully saturated rings. The molecule has 0 aliphatic rings. The minimum atomic E-state index is -0.436. The summed E-state index contributed by atoms with van der Waals surface area (Å²) in [6, 6.07) is 15.2. The van der Waals surface area contributed by atoms with Gasteiger partial charge in [0.05, 0.1) is 16.4 Å². The Labute approximate surface area is 149 Å². The average molecular weight is 351 g/mol. The molecule has 1 aromatic heterocycles. The number of para-hydroxylation sites is 1. The van der Waals surface area contributed by atoms with Gasteiger partial charge in [0.25, 0.3) is 0 Å². The second-order valence-electron chi connectivity index (χ2n) is 5.49. The fourth-order valence-electron chi connectivity index (χ4n) is 2.14. The maximum Gasteiger partial charge on any atom is 0.338 e. The Morgan fingerprint density at radius 3 is 2.60 bits per heavy atom. The minimum Gasteiger partial charge on any atom is -0.423 e. The standard InChI is InChI=1S/C19H17N3O2S/c1-13(2)18(23)24-15-10-8-14(9-11-15)12-20-21-19-22(3)16-6-4-5-7-17(16)25-19/h4-12H,1H2,2-3H3. The SMILES string of the molecule is C=C(C)C(=O)Oc1ccc(C=NN=c2sc3ccccc3n2C)cc1. The van der Waals surface area contributed by atoms with Gasteiger partial charge in [-0.2, -0.15) is 5.10 Å². The normalized spacial score (nSPS) is 12.0. The smallest absolute Gasteiger partial charge is 0.338 e. The van der Waals surface area contributed by atoms with Crippen LogP contribution in [0.1, 0.15) is 12.5 Å². The van der Waals surface area contributed by atoms with Gasteiger partial charge in [0.1, 0.15) is 5.75 Å². The van der Waals surface area contributed by atoms with Crippen LogP contribution in [0, 0.1) is 0 Å². The Bertz CT molecular complexity index is 1030. The van der Waals surface area contributed by atoms with Gasteiger partial charge in [0, 0.05) is 12.6 Å². The van der Waals surface area contributed by atoms with Crippen LogP contribution in [0.2, 0.25) is 0 Å². The third-order valence-corrected chi connectivity index (χ3v) is 4.61. The molecule has 0 radical (unpaired) electrons. The van der Waals surface area contributed by atoms with Crippen LogP contribution in [0.3, 0.4) is 0 Å². The fourth-order valence-corrected chi connectivity index (χ4v) is 3.12. The number of esters is 1. The number of hydrogen-bond acceptors (Lipinski definition) is 5. The molecule has 0 saturated heterocycles. The third kappa shape index (κ3) is 3.92. The van der Waals surface area contributed by atoms with Crippen LogP contribution in [0.25, 0.3) is 10.2 Å². The first kappa shape index (κ1) is 16.9. The van der Waals surface area contributed by atoms with Crippen molar-refractivity contribution in [2.75, 3.05) is 0 Å². The largest absolute Gasteiger partial charge is 0.423 e. The van der Waals surface area contributed by atoms with Crippen LogP contribution in [0.5, 0.6) is 5.75 Å². The van der Waals surface area contributed by atoms with Gasteiger partial charge in [-0.05, 0) is 48.9 Å². The van der Waals surface area contributed by atoms with Crippen molar-refractivity contribution in [3.8, 4) is 5.75 Å². The van der Waals surface area contributed by atoms with E-state index in [2.05, 4.69) is 28.9 Å². The highest BCUT2D eigenvalue weighted by Gasteiger charge is 2.04. The molecule has 126 valence electrons. The molecule has 1 heterocycles. The van der Waals surface area contributed by atoms with E-state index in [0.717, 1.165) is 15.9 Å². The van der Waals surface area contributed by atoms with Crippen molar-refractivity contribution in [3.05, 3.63) is 71.0 Å². The van der Waals surface area contributed by atoms with E-state index < -0.39 is 5.97 Å². The Morgan fingerprint density at radius 2 is 1.92 bits per heavy atom. The van der Waals surface area contributed by atoms with Gasteiger partial charge in [-0.3, -0.25) is 0 Å². The zero-order valence-electron chi connectivity index (χ0n) is 14.0. The van der Waals surface area contributed by atoms with Gasteiger partial charge in [0.15, 0.2) is 0 Å². The molecule has 0 N–H and O–H groups in total. The van der Waals surface area contributed by atoms with E-state index in [-0.39, 0.29) is 0 Å². The van der Waals surface area contributed by atoms with Crippen LogP contribution in [0.4, 0.5) is 0 Å². The van der Waals surface area contributed by atoms with E-state index >= 15 is 0 Å². The van der Waals surface area contributed by atoms with Crippen LogP contribution < -0.4 is 9.54 Å². The molecule has 0 aliphatic heterocycles. The number of fused-ring (bicyclic) bond motifs is 1. The number of nitrogens with zero attached hydrogens (tertiary/aromatic N) is 3. The molecule has 3 rings (SSSR count). The molecule has 0 unspecified atom stereocenters. The van der Waals surface area contributed by atoms with Crippen molar-refractivity contribution in [1.82, 2.24) is 4.57 Å². The fraction of sp³-hybridized carbons (Fsp3) is 0.105. The lowest BCUT2D eigenvalue weighted by atomic mass is 10.2. The van der Waals surface area contributed by atoms with Crippen molar-refractivity contribution in [1.29, 1.82) is 0 Å². The van der Waals surface area contributed by atoms with Crippen LogP contribution in [0.15, 0.2) is 70.9 Å². The molecule has 6 heteroatoms. The van der Waals surface area contributed by atoms with Crippen molar-refractivity contribution in [2.24, 2.45) is 17.3 Å². The Kier molecular flexibility index (Phi) is 4.90. The van der Waals surface area contributed by atoms with Gasteiger partial charge in [-0.1, -0.05) is 30.0 Å². The van der Waals surface area contributed by atoms with Crippen molar-refractivity contribution < 1.29 is 9.53 Å². The summed E-state index contributed by atoms with van der Waals surface area (Å²) in [7, 11) is 1.97. The summed E-state index contributed by atoms with van der Waals surface area (Å²) >= 11 is 1.59. The van der Waals surface area contributed by atoms with Gasteiger partial charge >= 0.3 is 5.97 Å². The summed E-state index contributed by atoms with van der Waals surface area (Å²) < 4.78 is 8.33. The number of aryl methyl sites for hydroxylation is 1. The third-order valence-electron chi connectivity index (χ3n) is 3.50. The number of aromatic nitrogens is 1. The van der Waals surface area contributed by atoms with Crippen molar-refractivity contribution in [3.63, 3.8) is 0 Å². The summed E-state index contributed by atoms with van der Waals surface area (Å²) in [5.74, 6) is 0.0340. The first-order chi connectivity index (χ1) is 12.0. The number of carbonyl (C=O) groups excluding carboxylic acids is 1. The van der Waals surface area contributed by atoms with E-state index in [0.29, 0.717) is 11.3 Å². The van der Waals surface area contributed by atoms with Gasteiger partial charge in [-0.25, -0.2) is 4.79 Å². The monoisotopic (exact) mass is 351 g/mol. The number of thiazole rings is 1. The summed E-state index contributed by atoms with van der Waals surface area (Å²) in [4.78, 5) is 12.3. The molecule has 5 nitrogen and oxygen atoms in total. The first-order valence-corrected chi connectivity index (χ1v) is 8.45. The molecular weight excluding hydrogens is 334 g/mol. The average Bonchev–Trinajstić information content (AvgIpc) is 2.93. The van der Waals surface area contributed by atoms with Gasteiger partial charge in [-0.15, -0.1) is 5.10 Å². The summed E-state index contributed by atoms with van der Waals surface area (Å²) in [5, 5.41) is 8.44. The zero-order chi connectivity index (χ0) is 17.8. The molecule has 0 aliphatic carbocycles. The highest BCUT2D eigenvalue weighted by molar-refractivity contribution is 7.16. The lowest BCUT2D eigenvalue weighted by Crippen LogP contribution is -2.09. The molecule has 0 atom stereocenters. The molecule has 0 spiro atoms. The molecule has 0 saturated carbocycles. The van der Waals surface area contributed by atoms with E-state index in [4.69, 9.17) is 4.74 Å². The van der Waals surface area contributed by atoms with Gasteiger partial charge < -0.3 is 9.30 Å². The maximum atomic E-state index is 11.5. The molecule has 3 aromatic rings. The number of benzene rings is 2. The number of ether oxygens (including phenoxy) is 1. The second-order valence-corrected chi connectivity index (χ2v) is 6.50. The van der Waals surface area contributed by atoms with Crippen molar-refractivity contribution in [2.45, 2.75) is 6.92 Å². The molecule has 0 amide bonds. The van der Waals surface area contributed by atoms with E-state index in [1.807, 2.05) is 35.9 Å². The highest BCUT2D eigenvalue weighted by atomic mass is 32.1. The maximum absolute atomic E-state index is 11.5. The van der Waals surface area contributed by atoms with Gasteiger partial charge in [0.2, 0.25) is 4.80 Å². The Morgan fingerprint density at radius 1 is 1.20 bits per heavy atom. The molecular formula is C19H17N3O2S. The number of rotatable bonds is 4. The van der Waals surface area contributed by atoms with Crippen LogP contribution in [-0.2, 0) is 11.8 Å². The quantitative estimate of drug-likeness (QED) is 0.237. The van der Waals surface area contributed by atoms with E-state index in [9.17, 15) is 4.79 Å². The van der Waals surface area contributed by atoms with Crippen LogP contribution in [-0.4, -0.2) is 16.8 Å². The summed E-state index contributed by atoms with van der Waals surface area (Å²) in [5.41, 5.74) is 2.36. The minimum absolute atomic E-state index is 0.362. The molecule has 2 aromatic carbocycles. The summed E-state index contributed by atoms with van der Waals surface area (Å²) in [6.07, 6.45) is 1.66. The first-order valence-electron chi connectivity index (χ1n) is 7.64. The predicted molar refractivity (Wildman–Crippen MR) is 101 cm³/mol. The van der Waals surface area contributed by atoms with Crippen LogP contribution >= 0.6 is 11.3 Å². The van der Waals surface area contributed by atoms with Crippen molar-refractivity contribution >= 4 is 33.7 Å². The van der Waals surface area contributed by atoms with E-state index in [1.165, 1.54) is 4.70 Å². The van der Waals surface area contributed by atoms with E-state index in [1.54, 1.807) is 36.6 Å². The zero-order valence-corrected chi connectivity index (χ0v) is 14.8. The lowest BCUT2D eigenvalue weighted by Gasteiger charge is -2.03. The molecule has 0 bridgehead atoms. The summed E-state index contributed by atoms with van der Waals surface area (Å²) in [6.45, 7) is 5.16.